The number of hydrogen-bond donors (Lipinski definition) is 1. The summed E-state index contributed by atoms with van der Waals surface area (Å²) < 4.78 is 1.74. The van der Waals surface area contributed by atoms with E-state index in [1.54, 1.807) is 4.68 Å². The number of rotatable bonds is 5. The van der Waals surface area contributed by atoms with Gasteiger partial charge in [-0.1, -0.05) is 32.0 Å². The van der Waals surface area contributed by atoms with Crippen molar-refractivity contribution in [3.8, 4) is 5.69 Å². The fourth-order valence-corrected chi connectivity index (χ4v) is 3.23. The molecule has 7 nitrogen and oxygen atoms in total. The molecule has 3 rings (SSSR count). The van der Waals surface area contributed by atoms with Gasteiger partial charge in [0, 0.05) is 38.2 Å². The van der Waals surface area contributed by atoms with Crippen LogP contribution in [0.3, 0.4) is 0 Å². The molecule has 144 valence electrons. The van der Waals surface area contributed by atoms with Crippen LogP contribution in [-0.4, -0.2) is 64.1 Å². The SMILES string of the molecule is Cc1cc(NC(=O)CN2CCN(C(=O)C(C)C)CC2)n(-c2ccccc2)n1. The number of anilines is 1. The first-order chi connectivity index (χ1) is 12.9. The largest absolute Gasteiger partial charge is 0.340 e. The molecule has 1 aliphatic heterocycles. The van der Waals surface area contributed by atoms with E-state index < -0.39 is 0 Å². The summed E-state index contributed by atoms with van der Waals surface area (Å²) in [6.45, 7) is 8.81. The molecule has 1 saturated heterocycles. The number of aromatic nitrogens is 2. The lowest BCUT2D eigenvalue weighted by molar-refractivity contribution is -0.136. The quantitative estimate of drug-likeness (QED) is 0.874. The van der Waals surface area contributed by atoms with E-state index in [0.717, 1.165) is 11.4 Å². The van der Waals surface area contributed by atoms with Gasteiger partial charge in [-0.15, -0.1) is 0 Å². The molecule has 0 unspecified atom stereocenters. The topological polar surface area (TPSA) is 70.5 Å². The lowest BCUT2D eigenvalue weighted by atomic mass is 10.1. The van der Waals surface area contributed by atoms with Crippen molar-refractivity contribution in [1.29, 1.82) is 0 Å². The molecule has 0 spiro atoms. The molecule has 0 aliphatic carbocycles. The Labute approximate surface area is 159 Å². The molecule has 27 heavy (non-hydrogen) atoms. The second-order valence-electron chi connectivity index (χ2n) is 7.22. The molecular weight excluding hydrogens is 342 g/mol. The molecule has 7 heteroatoms. The van der Waals surface area contributed by atoms with E-state index in [4.69, 9.17) is 0 Å². The molecule has 1 fully saturated rings. The third-order valence-corrected chi connectivity index (χ3v) is 4.64. The first kappa shape index (κ1) is 19.1. The lowest BCUT2D eigenvalue weighted by Crippen LogP contribution is -2.51. The number of benzene rings is 1. The number of nitrogens with zero attached hydrogens (tertiary/aromatic N) is 4. The summed E-state index contributed by atoms with van der Waals surface area (Å²) in [7, 11) is 0. The summed E-state index contributed by atoms with van der Waals surface area (Å²) in [5, 5.41) is 7.44. The Morgan fingerprint density at radius 2 is 1.78 bits per heavy atom. The Balaban J connectivity index is 1.57. The normalized spacial score (nSPS) is 15.2. The van der Waals surface area contributed by atoms with E-state index in [-0.39, 0.29) is 17.7 Å². The predicted octanol–water partition coefficient (Wildman–Crippen LogP) is 1.92. The lowest BCUT2D eigenvalue weighted by Gasteiger charge is -2.35. The molecule has 0 saturated carbocycles. The zero-order valence-electron chi connectivity index (χ0n) is 16.2. The maximum atomic E-state index is 12.5. The van der Waals surface area contributed by atoms with Crippen LogP contribution in [0.5, 0.6) is 0 Å². The Morgan fingerprint density at radius 3 is 2.41 bits per heavy atom. The molecule has 2 amide bonds. The average molecular weight is 369 g/mol. The van der Waals surface area contributed by atoms with Crippen LogP contribution < -0.4 is 5.32 Å². The fourth-order valence-electron chi connectivity index (χ4n) is 3.23. The van der Waals surface area contributed by atoms with Gasteiger partial charge in [0.05, 0.1) is 17.9 Å². The van der Waals surface area contributed by atoms with Gasteiger partial charge in [-0.3, -0.25) is 14.5 Å². The Morgan fingerprint density at radius 1 is 1.11 bits per heavy atom. The van der Waals surface area contributed by atoms with Crippen molar-refractivity contribution in [2.45, 2.75) is 20.8 Å². The third-order valence-electron chi connectivity index (χ3n) is 4.64. The molecule has 1 aromatic carbocycles. The highest BCUT2D eigenvalue weighted by Gasteiger charge is 2.24. The van der Waals surface area contributed by atoms with Gasteiger partial charge < -0.3 is 10.2 Å². The third kappa shape index (κ3) is 4.74. The van der Waals surface area contributed by atoms with Crippen LogP contribution >= 0.6 is 0 Å². The van der Waals surface area contributed by atoms with Gasteiger partial charge in [-0.25, -0.2) is 4.68 Å². The number of hydrogen-bond acceptors (Lipinski definition) is 4. The van der Waals surface area contributed by atoms with Crippen LogP contribution in [0.15, 0.2) is 36.4 Å². The molecule has 0 bridgehead atoms. The minimum Gasteiger partial charge on any atom is -0.340 e. The minimum absolute atomic E-state index is 0.0151. The van der Waals surface area contributed by atoms with E-state index >= 15 is 0 Å². The van der Waals surface area contributed by atoms with Crippen molar-refractivity contribution in [3.63, 3.8) is 0 Å². The molecule has 2 aromatic rings. The summed E-state index contributed by atoms with van der Waals surface area (Å²) in [4.78, 5) is 28.5. The van der Waals surface area contributed by atoms with Crippen LogP contribution in [0.25, 0.3) is 5.69 Å². The van der Waals surface area contributed by atoms with Crippen LogP contribution in [0.2, 0.25) is 0 Å². The monoisotopic (exact) mass is 369 g/mol. The molecule has 1 aliphatic rings. The average Bonchev–Trinajstić information content (AvgIpc) is 3.02. The highest BCUT2D eigenvalue weighted by atomic mass is 16.2. The Bertz CT molecular complexity index is 792. The van der Waals surface area contributed by atoms with Crippen molar-refractivity contribution < 1.29 is 9.59 Å². The standard InChI is InChI=1S/C20H27N5O2/c1-15(2)20(27)24-11-9-23(10-12-24)14-19(26)21-18-13-16(3)22-25(18)17-7-5-4-6-8-17/h4-8,13,15H,9-12,14H2,1-3H3,(H,21,26). The van der Waals surface area contributed by atoms with E-state index in [9.17, 15) is 9.59 Å². The number of carbonyl (C=O) groups is 2. The second-order valence-corrected chi connectivity index (χ2v) is 7.22. The number of aryl methyl sites for hydroxylation is 1. The minimum atomic E-state index is -0.0734. The van der Waals surface area contributed by atoms with Crippen molar-refractivity contribution >= 4 is 17.6 Å². The van der Waals surface area contributed by atoms with Gasteiger partial charge in [0.25, 0.3) is 0 Å². The van der Waals surface area contributed by atoms with Gasteiger partial charge >= 0.3 is 0 Å². The number of piperazine rings is 1. The first-order valence-electron chi connectivity index (χ1n) is 9.37. The summed E-state index contributed by atoms with van der Waals surface area (Å²) >= 11 is 0. The number of para-hydroxylation sites is 1. The zero-order valence-corrected chi connectivity index (χ0v) is 16.2. The summed E-state index contributed by atoms with van der Waals surface area (Å²) in [6.07, 6.45) is 0. The van der Waals surface area contributed by atoms with Crippen LogP contribution in [0.4, 0.5) is 5.82 Å². The number of nitrogens with one attached hydrogen (secondary N) is 1. The molecule has 2 heterocycles. The van der Waals surface area contributed by atoms with Gasteiger partial charge in [0.2, 0.25) is 11.8 Å². The van der Waals surface area contributed by atoms with Crippen LogP contribution in [0.1, 0.15) is 19.5 Å². The van der Waals surface area contributed by atoms with E-state index in [1.165, 1.54) is 0 Å². The van der Waals surface area contributed by atoms with Crippen LogP contribution in [0, 0.1) is 12.8 Å². The van der Waals surface area contributed by atoms with Crippen LogP contribution in [-0.2, 0) is 9.59 Å². The molecule has 1 aromatic heterocycles. The molecule has 0 atom stereocenters. The van der Waals surface area contributed by atoms with Gasteiger partial charge in [-0.05, 0) is 19.1 Å². The predicted molar refractivity (Wildman–Crippen MR) is 105 cm³/mol. The summed E-state index contributed by atoms with van der Waals surface area (Å²) in [5.74, 6) is 0.788. The van der Waals surface area contributed by atoms with Gasteiger partial charge in [-0.2, -0.15) is 5.10 Å². The highest BCUT2D eigenvalue weighted by Crippen LogP contribution is 2.17. The molecular formula is C20H27N5O2. The fraction of sp³-hybridized carbons (Fsp3) is 0.450. The molecule has 0 radical (unpaired) electrons. The summed E-state index contributed by atoms with van der Waals surface area (Å²) in [6, 6.07) is 11.6. The van der Waals surface area contributed by atoms with Gasteiger partial charge in [0.1, 0.15) is 5.82 Å². The summed E-state index contributed by atoms with van der Waals surface area (Å²) in [5.41, 5.74) is 1.75. The number of carbonyl (C=O) groups excluding carboxylic acids is 2. The van der Waals surface area contributed by atoms with E-state index in [2.05, 4.69) is 15.3 Å². The Hall–Kier alpha value is -2.67. The maximum absolute atomic E-state index is 12.5. The first-order valence-corrected chi connectivity index (χ1v) is 9.37. The smallest absolute Gasteiger partial charge is 0.239 e. The van der Waals surface area contributed by atoms with E-state index in [0.29, 0.717) is 38.5 Å². The van der Waals surface area contributed by atoms with Crippen molar-refractivity contribution in [2.24, 2.45) is 5.92 Å². The van der Waals surface area contributed by atoms with Crippen molar-refractivity contribution in [1.82, 2.24) is 19.6 Å². The van der Waals surface area contributed by atoms with Crippen molar-refractivity contribution in [2.75, 3.05) is 38.0 Å². The number of amides is 2. The van der Waals surface area contributed by atoms with Crippen molar-refractivity contribution in [3.05, 3.63) is 42.1 Å². The maximum Gasteiger partial charge on any atom is 0.239 e. The van der Waals surface area contributed by atoms with Gasteiger partial charge in [0.15, 0.2) is 0 Å². The van der Waals surface area contributed by atoms with E-state index in [1.807, 2.05) is 62.1 Å². The Kier molecular flexibility index (Phi) is 5.91. The zero-order chi connectivity index (χ0) is 19.4. The highest BCUT2D eigenvalue weighted by molar-refractivity contribution is 5.91. The second kappa shape index (κ2) is 8.35. The molecule has 1 N–H and O–H groups in total.